The fourth-order valence-electron chi connectivity index (χ4n) is 5.86. The minimum Gasteiger partial charge on any atom is -0.481 e. The molecule has 0 fully saturated rings. The van der Waals surface area contributed by atoms with Crippen LogP contribution >= 0.6 is 0 Å². The summed E-state index contributed by atoms with van der Waals surface area (Å²) in [6.07, 6.45) is -4.75. The predicted molar refractivity (Wildman–Crippen MR) is 158 cm³/mol. The normalized spacial score (nSPS) is 18.8. The first-order valence-electron chi connectivity index (χ1n) is 14.2. The molecule has 6 nitrogen and oxygen atoms in total. The number of hydrogen-bond donors (Lipinski definition) is 2. The molecule has 1 heterocycles. The molecule has 1 aliphatic carbocycles. The third-order valence-electron chi connectivity index (χ3n) is 8.11. The number of aliphatic carboxylic acids is 1. The Bertz CT molecular complexity index is 1590. The molecule has 0 radical (unpaired) electrons. The van der Waals surface area contributed by atoms with E-state index in [-0.39, 0.29) is 30.0 Å². The summed E-state index contributed by atoms with van der Waals surface area (Å²) >= 11 is 0. The van der Waals surface area contributed by atoms with E-state index in [1.807, 2.05) is 12.1 Å². The van der Waals surface area contributed by atoms with Gasteiger partial charge in [0.15, 0.2) is 5.78 Å². The first kappa shape index (κ1) is 30.1. The van der Waals surface area contributed by atoms with Crippen LogP contribution < -0.4 is 10.2 Å². The predicted octanol–water partition coefficient (Wildman–Crippen LogP) is 7.77. The van der Waals surface area contributed by atoms with Gasteiger partial charge in [-0.1, -0.05) is 69.3 Å². The summed E-state index contributed by atoms with van der Waals surface area (Å²) in [6, 6.07) is 18.5. The summed E-state index contributed by atoms with van der Waals surface area (Å²) in [5, 5.41) is 12.7. The van der Waals surface area contributed by atoms with Crippen molar-refractivity contribution in [3.63, 3.8) is 0 Å². The molecule has 2 N–H and O–H groups in total. The maximum absolute atomic E-state index is 14.1. The van der Waals surface area contributed by atoms with E-state index in [1.165, 1.54) is 17.0 Å². The summed E-state index contributed by atoms with van der Waals surface area (Å²) in [7, 11) is 0. The highest BCUT2D eigenvalue weighted by atomic mass is 19.4. The number of fused-ring (bicyclic) bond motifs is 1. The van der Waals surface area contributed by atoms with Crippen LogP contribution in [0.25, 0.3) is 0 Å². The number of carbonyl (C=O) groups is 3. The molecule has 2 unspecified atom stereocenters. The second-order valence-corrected chi connectivity index (χ2v) is 12.1. The summed E-state index contributed by atoms with van der Waals surface area (Å²) in [4.78, 5) is 40.5. The number of benzene rings is 3. The number of anilines is 2. The minimum absolute atomic E-state index is 0.0331. The molecule has 1 amide bonds. The third kappa shape index (κ3) is 6.21. The average molecular weight is 591 g/mol. The van der Waals surface area contributed by atoms with Crippen molar-refractivity contribution in [1.82, 2.24) is 0 Å². The van der Waals surface area contributed by atoms with E-state index in [4.69, 9.17) is 0 Å². The van der Waals surface area contributed by atoms with Crippen molar-refractivity contribution in [3.8, 4) is 0 Å². The van der Waals surface area contributed by atoms with Crippen molar-refractivity contribution in [2.75, 3.05) is 10.2 Å². The van der Waals surface area contributed by atoms with E-state index in [2.05, 4.69) is 38.2 Å². The topological polar surface area (TPSA) is 86.7 Å². The van der Waals surface area contributed by atoms with E-state index in [1.54, 1.807) is 24.3 Å². The molecule has 43 heavy (non-hydrogen) atoms. The number of carboxylic acid groups (broad SMARTS) is 1. The van der Waals surface area contributed by atoms with Crippen molar-refractivity contribution in [3.05, 3.63) is 106 Å². The van der Waals surface area contributed by atoms with Crippen LogP contribution in [0, 0.1) is 0 Å². The molecule has 2 atom stereocenters. The van der Waals surface area contributed by atoms with Gasteiger partial charge in [0, 0.05) is 24.1 Å². The lowest BCUT2D eigenvalue weighted by Crippen LogP contribution is -2.38. The Labute approximate surface area is 248 Å². The monoisotopic (exact) mass is 590 g/mol. The molecule has 3 aromatic carbocycles. The largest absolute Gasteiger partial charge is 0.481 e. The van der Waals surface area contributed by atoms with E-state index < -0.39 is 36.1 Å². The molecule has 0 aromatic heterocycles. The van der Waals surface area contributed by atoms with Crippen LogP contribution in [0.4, 0.5) is 24.5 Å². The lowest BCUT2D eigenvalue weighted by molar-refractivity contribution is -0.138. The van der Waals surface area contributed by atoms with Gasteiger partial charge in [0.05, 0.1) is 29.4 Å². The van der Waals surface area contributed by atoms with Gasteiger partial charge in [-0.15, -0.1) is 0 Å². The number of alkyl halides is 3. The number of rotatable bonds is 5. The molecule has 0 spiro atoms. The quantitative estimate of drug-likeness (QED) is 0.317. The zero-order valence-electron chi connectivity index (χ0n) is 24.2. The standard InChI is InChI=1S/C34H33F3N2O4/c1-33(2,3)23-12-8-20(9-13-23)22-18-26-31(28(40)19-22)32(21-10-14-24(15-11-21)34(35,36)37)39(29(41)16-17-30(42)43)27-7-5-4-6-25(27)38-26/h4-15,22,32,38H,16-19H2,1-3H3,(H,42,43). The van der Waals surface area contributed by atoms with Crippen LogP contribution in [0.15, 0.2) is 84.1 Å². The van der Waals surface area contributed by atoms with Crippen LogP contribution in [0.2, 0.25) is 0 Å². The van der Waals surface area contributed by atoms with Crippen molar-refractivity contribution >= 4 is 29.0 Å². The van der Waals surface area contributed by atoms with Gasteiger partial charge in [0.25, 0.3) is 0 Å². The highest BCUT2D eigenvalue weighted by Gasteiger charge is 2.42. The smallest absolute Gasteiger partial charge is 0.416 e. The van der Waals surface area contributed by atoms with Crippen molar-refractivity contribution in [1.29, 1.82) is 0 Å². The fourth-order valence-corrected chi connectivity index (χ4v) is 5.86. The van der Waals surface area contributed by atoms with Crippen LogP contribution in [-0.4, -0.2) is 22.8 Å². The number of carbonyl (C=O) groups excluding carboxylic acids is 2. The minimum atomic E-state index is -4.56. The molecule has 5 rings (SSSR count). The molecule has 224 valence electrons. The number of ketones is 1. The number of carboxylic acids is 1. The summed E-state index contributed by atoms with van der Waals surface area (Å²) in [6.45, 7) is 6.38. The SMILES string of the molecule is CC(C)(C)c1ccc(C2CC(=O)C3=C(C2)Nc2ccccc2N(C(=O)CCC(=O)O)C3c2ccc(C(F)(F)F)cc2)cc1. The zero-order valence-corrected chi connectivity index (χ0v) is 24.2. The Morgan fingerprint density at radius 1 is 0.860 bits per heavy atom. The first-order valence-corrected chi connectivity index (χ1v) is 14.2. The first-order chi connectivity index (χ1) is 20.2. The summed E-state index contributed by atoms with van der Waals surface area (Å²) in [5.74, 6) is -2.09. The van der Waals surface area contributed by atoms with Crippen LogP contribution in [0.5, 0.6) is 0 Å². The van der Waals surface area contributed by atoms with Gasteiger partial charge in [-0.05, 0) is 58.7 Å². The second-order valence-electron chi connectivity index (χ2n) is 12.1. The van der Waals surface area contributed by atoms with Gasteiger partial charge in [0.1, 0.15) is 0 Å². The van der Waals surface area contributed by atoms with Gasteiger partial charge in [-0.2, -0.15) is 13.2 Å². The number of nitrogens with zero attached hydrogens (tertiary/aromatic N) is 1. The van der Waals surface area contributed by atoms with Gasteiger partial charge in [-0.25, -0.2) is 0 Å². The molecule has 0 saturated carbocycles. The number of amides is 1. The van der Waals surface area contributed by atoms with Gasteiger partial charge in [0.2, 0.25) is 5.91 Å². The Morgan fingerprint density at radius 2 is 1.47 bits per heavy atom. The number of Topliss-reactive ketones (excluding diaryl/α,β-unsaturated/α-hetero) is 1. The van der Waals surface area contributed by atoms with Gasteiger partial charge >= 0.3 is 12.1 Å². The van der Waals surface area contributed by atoms with Gasteiger partial charge in [-0.3, -0.25) is 19.3 Å². The van der Waals surface area contributed by atoms with E-state index >= 15 is 0 Å². The van der Waals surface area contributed by atoms with E-state index in [0.29, 0.717) is 34.6 Å². The molecule has 0 bridgehead atoms. The highest BCUT2D eigenvalue weighted by Crippen LogP contribution is 2.48. The average Bonchev–Trinajstić information content (AvgIpc) is 3.10. The number of para-hydroxylation sites is 2. The third-order valence-corrected chi connectivity index (χ3v) is 8.11. The molecule has 1 aliphatic heterocycles. The Kier molecular flexibility index (Phi) is 7.94. The maximum atomic E-state index is 14.1. The Morgan fingerprint density at radius 3 is 2.07 bits per heavy atom. The van der Waals surface area contributed by atoms with Crippen LogP contribution in [-0.2, 0) is 26.0 Å². The molecular formula is C34H33F3N2O4. The summed E-state index contributed by atoms with van der Waals surface area (Å²) in [5.41, 5.74) is 3.44. The van der Waals surface area contributed by atoms with Crippen molar-refractivity contribution < 1.29 is 32.7 Å². The molecule has 2 aliphatic rings. The molecule has 9 heteroatoms. The van der Waals surface area contributed by atoms with E-state index in [9.17, 15) is 32.7 Å². The Balaban J connectivity index is 1.64. The van der Waals surface area contributed by atoms with Crippen molar-refractivity contribution in [2.24, 2.45) is 0 Å². The summed E-state index contributed by atoms with van der Waals surface area (Å²) < 4.78 is 40.3. The number of nitrogens with one attached hydrogen (secondary N) is 1. The number of hydrogen-bond acceptors (Lipinski definition) is 4. The van der Waals surface area contributed by atoms with Crippen LogP contribution in [0.3, 0.4) is 0 Å². The van der Waals surface area contributed by atoms with Crippen LogP contribution in [0.1, 0.15) is 80.7 Å². The Hall–Kier alpha value is -4.40. The second kappa shape index (κ2) is 11.4. The van der Waals surface area contributed by atoms with Gasteiger partial charge < -0.3 is 10.4 Å². The van der Waals surface area contributed by atoms with Crippen molar-refractivity contribution in [2.45, 2.75) is 70.0 Å². The maximum Gasteiger partial charge on any atom is 0.416 e. The molecular weight excluding hydrogens is 557 g/mol. The molecule has 3 aromatic rings. The lowest BCUT2D eigenvalue weighted by atomic mass is 9.77. The number of allylic oxidation sites excluding steroid dienone is 1. The fraction of sp³-hybridized carbons (Fsp3) is 0.324. The zero-order chi connectivity index (χ0) is 31.1. The molecule has 0 saturated heterocycles. The lowest BCUT2D eigenvalue weighted by Gasteiger charge is -2.35. The number of halogens is 3. The highest BCUT2D eigenvalue weighted by molar-refractivity contribution is 6.06. The van der Waals surface area contributed by atoms with E-state index in [0.717, 1.165) is 23.3 Å².